The lowest BCUT2D eigenvalue weighted by molar-refractivity contribution is 0.0812. The van der Waals surface area contributed by atoms with Gasteiger partial charge in [-0.15, -0.1) is 0 Å². The fraction of sp³-hybridized carbons (Fsp3) is 0.444. The monoisotopic (exact) mass is 449 g/mol. The average molecular weight is 450 g/mol. The number of carbonyl (C=O) groups excluding carboxylic acids is 2. The van der Waals surface area contributed by atoms with E-state index in [1.165, 1.54) is 0 Å². The van der Waals surface area contributed by atoms with Gasteiger partial charge >= 0.3 is 0 Å². The van der Waals surface area contributed by atoms with E-state index < -0.39 is 5.41 Å². The molecule has 0 aliphatic carbocycles. The number of ether oxygens (including phenoxy) is 1. The summed E-state index contributed by atoms with van der Waals surface area (Å²) in [5, 5.41) is 3.66. The molecule has 0 saturated heterocycles. The van der Waals surface area contributed by atoms with E-state index in [2.05, 4.69) is 43.0 Å². The summed E-state index contributed by atoms with van der Waals surface area (Å²) in [4.78, 5) is 32.9. The fourth-order valence-electron chi connectivity index (χ4n) is 3.86. The summed E-state index contributed by atoms with van der Waals surface area (Å²) < 4.78 is 6.20. The Morgan fingerprint density at radius 1 is 1.12 bits per heavy atom. The van der Waals surface area contributed by atoms with E-state index in [0.717, 1.165) is 18.2 Å². The van der Waals surface area contributed by atoms with Crippen molar-refractivity contribution in [3.05, 3.63) is 53.9 Å². The predicted molar refractivity (Wildman–Crippen MR) is 133 cm³/mol. The summed E-state index contributed by atoms with van der Waals surface area (Å²) in [5.74, 6) is 0.990. The number of ketones is 1. The lowest BCUT2D eigenvalue weighted by atomic mass is 9.89. The maximum atomic E-state index is 12.9. The maximum Gasteiger partial charge on any atom is 0.255 e. The van der Waals surface area contributed by atoms with Crippen molar-refractivity contribution < 1.29 is 14.3 Å². The molecular formula is C27H35N3O3. The van der Waals surface area contributed by atoms with Gasteiger partial charge in [-0.1, -0.05) is 47.1 Å². The van der Waals surface area contributed by atoms with Gasteiger partial charge in [0.25, 0.3) is 5.91 Å². The quantitative estimate of drug-likeness (QED) is 0.378. The molecule has 0 saturated carbocycles. The van der Waals surface area contributed by atoms with E-state index in [1.807, 2.05) is 39.0 Å². The van der Waals surface area contributed by atoms with E-state index in [0.29, 0.717) is 34.3 Å². The number of H-pyrrole nitrogens is 1. The second-order valence-electron chi connectivity index (χ2n) is 10.5. The number of aromatic nitrogens is 2. The highest BCUT2D eigenvalue weighted by Gasteiger charge is 2.25. The van der Waals surface area contributed by atoms with Gasteiger partial charge in [-0.2, -0.15) is 0 Å². The zero-order chi connectivity index (χ0) is 24.4. The molecule has 33 heavy (non-hydrogen) atoms. The lowest BCUT2D eigenvalue weighted by Gasteiger charge is -2.29. The number of anilines is 1. The maximum absolute atomic E-state index is 12.9. The minimum absolute atomic E-state index is 0.0131. The normalized spacial score (nSPS) is 13.1. The standard InChI is InChI=1S/C27H35N3O3/c1-8-17(2)15-27(6,7)33-21-11-9-10-18(13-21)25(32)29-20-12-19-14-22(23(31)26(3,4)5)30-24(19)28-16-20/h9-14,16-17H,8,15H2,1-7H3,(H,28,30)(H,29,32). The van der Waals surface area contributed by atoms with E-state index in [9.17, 15) is 9.59 Å². The zero-order valence-electron chi connectivity index (χ0n) is 20.7. The van der Waals surface area contributed by atoms with E-state index in [1.54, 1.807) is 24.4 Å². The highest BCUT2D eigenvalue weighted by atomic mass is 16.5. The van der Waals surface area contributed by atoms with Crippen molar-refractivity contribution in [3.8, 4) is 5.75 Å². The number of aromatic amines is 1. The molecule has 3 aromatic rings. The molecule has 1 aromatic carbocycles. The average Bonchev–Trinajstić information content (AvgIpc) is 3.15. The Balaban J connectivity index is 1.74. The minimum Gasteiger partial charge on any atom is -0.488 e. The zero-order valence-corrected chi connectivity index (χ0v) is 20.7. The van der Waals surface area contributed by atoms with Crippen molar-refractivity contribution in [2.75, 3.05) is 5.32 Å². The molecule has 1 amide bonds. The molecule has 176 valence electrons. The Hall–Kier alpha value is -3.15. The fourth-order valence-corrected chi connectivity index (χ4v) is 3.86. The van der Waals surface area contributed by atoms with Crippen LogP contribution in [0.25, 0.3) is 11.0 Å². The van der Waals surface area contributed by atoms with Crippen molar-refractivity contribution in [3.63, 3.8) is 0 Å². The first kappa shape index (κ1) is 24.5. The van der Waals surface area contributed by atoms with Gasteiger partial charge in [-0.3, -0.25) is 9.59 Å². The Labute approximate surface area is 196 Å². The molecule has 6 nitrogen and oxygen atoms in total. The third-order valence-corrected chi connectivity index (χ3v) is 5.68. The van der Waals surface area contributed by atoms with Crippen molar-refractivity contribution in [1.29, 1.82) is 0 Å². The lowest BCUT2D eigenvalue weighted by Crippen LogP contribution is -2.30. The van der Waals surface area contributed by atoms with Crippen LogP contribution in [-0.4, -0.2) is 27.3 Å². The first-order chi connectivity index (χ1) is 15.4. The van der Waals surface area contributed by atoms with Crippen molar-refractivity contribution in [1.82, 2.24) is 9.97 Å². The highest BCUT2D eigenvalue weighted by molar-refractivity contribution is 6.06. The molecule has 2 heterocycles. The summed E-state index contributed by atoms with van der Waals surface area (Å²) in [6.45, 7) is 14.2. The van der Waals surface area contributed by atoms with Crippen LogP contribution in [0.1, 0.15) is 82.2 Å². The molecule has 1 unspecified atom stereocenters. The van der Waals surface area contributed by atoms with Crippen molar-refractivity contribution in [2.45, 2.75) is 66.9 Å². The third-order valence-electron chi connectivity index (χ3n) is 5.68. The number of nitrogens with zero attached hydrogens (tertiary/aromatic N) is 1. The number of fused-ring (bicyclic) bond motifs is 1. The summed E-state index contributed by atoms with van der Waals surface area (Å²) in [6.07, 6.45) is 3.61. The Kier molecular flexibility index (Phi) is 6.96. The second-order valence-corrected chi connectivity index (χ2v) is 10.5. The molecule has 3 rings (SSSR count). The summed E-state index contributed by atoms with van der Waals surface area (Å²) in [5.41, 5.74) is 1.37. The topological polar surface area (TPSA) is 84.1 Å². The van der Waals surface area contributed by atoms with Gasteiger partial charge in [0.15, 0.2) is 5.78 Å². The van der Waals surface area contributed by atoms with Crippen LogP contribution in [0.5, 0.6) is 5.75 Å². The SMILES string of the molecule is CCC(C)CC(C)(C)Oc1cccc(C(=O)Nc2cnc3[nH]c(C(=O)C(C)(C)C)cc3c2)c1. The number of Topliss-reactive ketones (excluding diaryl/α,β-unsaturated/α-hetero) is 1. The van der Waals surface area contributed by atoms with Gasteiger partial charge in [0.1, 0.15) is 17.0 Å². The molecule has 0 spiro atoms. The summed E-state index contributed by atoms with van der Waals surface area (Å²) in [6, 6.07) is 10.8. The van der Waals surface area contributed by atoms with Gasteiger partial charge in [0.05, 0.1) is 17.6 Å². The second kappa shape index (κ2) is 9.38. The van der Waals surface area contributed by atoms with Crippen LogP contribution >= 0.6 is 0 Å². The molecular weight excluding hydrogens is 414 g/mol. The number of nitrogens with one attached hydrogen (secondary N) is 2. The number of hydrogen-bond acceptors (Lipinski definition) is 4. The van der Waals surface area contributed by atoms with Crippen LogP contribution in [0.2, 0.25) is 0 Å². The van der Waals surface area contributed by atoms with Gasteiger partial charge in [0, 0.05) is 16.4 Å². The number of hydrogen-bond donors (Lipinski definition) is 2. The minimum atomic E-state index is -0.492. The van der Waals surface area contributed by atoms with Crippen LogP contribution in [0, 0.1) is 11.3 Å². The van der Waals surface area contributed by atoms with Gasteiger partial charge in [-0.05, 0) is 56.5 Å². The van der Waals surface area contributed by atoms with Crippen LogP contribution in [0.3, 0.4) is 0 Å². The highest BCUT2D eigenvalue weighted by Crippen LogP contribution is 2.27. The van der Waals surface area contributed by atoms with Gasteiger partial charge < -0.3 is 15.0 Å². The number of benzene rings is 1. The van der Waals surface area contributed by atoms with Crippen LogP contribution in [0.15, 0.2) is 42.6 Å². The molecule has 0 aliphatic rings. The Morgan fingerprint density at radius 2 is 1.85 bits per heavy atom. The number of carbonyl (C=O) groups is 2. The van der Waals surface area contributed by atoms with E-state index in [4.69, 9.17) is 4.74 Å². The van der Waals surface area contributed by atoms with Crippen LogP contribution in [-0.2, 0) is 0 Å². The molecule has 6 heteroatoms. The summed E-state index contributed by atoms with van der Waals surface area (Å²) in [7, 11) is 0. The van der Waals surface area contributed by atoms with Crippen molar-refractivity contribution in [2.24, 2.45) is 11.3 Å². The van der Waals surface area contributed by atoms with E-state index >= 15 is 0 Å². The largest absolute Gasteiger partial charge is 0.488 e. The van der Waals surface area contributed by atoms with Crippen molar-refractivity contribution >= 4 is 28.4 Å². The van der Waals surface area contributed by atoms with Gasteiger partial charge in [0.2, 0.25) is 0 Å². The number of rotatable bonds is 8. The molecule has 0 bridgehead atoms. The van der Waals surface area contributed by atoms with Crippen LogP contribution in [0.4, 0.5) is 5.69 Å². The van der Waals surface area contributed by atoms with Crippen LogP contribution < -0.4 is 10.1 Å². The molecule has 2 aromatic heterocycles. The molecule has 0 aliphatic heterocycles. The molecule has 0 fully saturated rings. The third kappa shape index (κ3) is 6.21. The Bertz CT molecular complexity index is 1150. The first-order valence-corrected chi connectivity index (χ1v) is 11.5. The Morgan fingerprint density at radius 3 is 2.52 bits per heavy atom. The molecule has 0 radical (unpaired) electrons. The predicted octanol–water partition coefficient (Wildman–Crippen LogP) is 6.64. The molecule has 1 atom stereocenters. The first-order valence-electron chi connectivity index (χ1n) is 11.5. The number of amides is 1. The van der Waals surface area contributed by atoms with E-state index in [-0.39, 0.29) is 17.3 Å². The summed E-state index contributed by atoms with van der Waals surface area (Å²) >= 11 is 0. The molecule has 2 N–H and O–H groups in total. The number of pyridine rings is 1. The smallest absolute Gasteiger partial charge is 0.255 e. The van der Waals surface area contributed by atoms with Gasteiger partial charge in [-0.25, -0.2) is 4.98 Å².